The van der Waals surface area contributed by atoms with Crippen molar-refractivity contribution in [1.82, 2.24) is 4.31 Å². The first kappa shape index (κ1) is 21.3. The van der Waals surface area contributed by atoms with Crippen LogP contribution >= 0.6 is 0 Å². The smallest absolute Gasteiger partial charge is 0.262 e. The van der Waals surface area contributed by atoms with Gasteiger partial charge in [-0.2, -0.15) is 4.31 Å². The number of aryl methyl sites for hydroxylation is 1. The molecule has 0 saturated carbocycles. The summed E-state index contributed by atoms with van der Waals surface area (Å²) in [7, 11) is -3.79. The van der Waals surface area contributed by atoms with Gasteiger partial charge in [-0.05, 0) is 49.6 Å². The van der Waals surface area contributed by atoms with E-state index in [1.165, 1.54) is 28.6 Å². The quantitative estimate of drug-likeness (QED) is 0.749. The van der Waals surface area contributed by atoms with Crippen LogP contribution in [0.5, 0.6) is 5.75 Å². The first-order valence-corrected chi connectivity index (χ1v) is 11.3. The predicted molar refractivity (Wildman–Crippen MR) is 112 cm³/mol. The van der Waals surface area contributed by atoms with E-state index in [1.807, 2.05) is 0 Å². The number of carbonyl (C=O) groups excluding carboxylic acids is 2. The molecule has 0 bridgehead atoms. The molecule has 0 unspecified atom stereocenters. The summed E-state index contributed by atoms with van der Waals surface area (Å²) in [6.45, 7) is 1.88. The van der Waals surface area contributed by atoms with Crippen molar-refractivity contribution in [1.29, 1.82) is 0 Å². The molecule has 0 aliphatic carbocycles. The Kier molecular flexibility index (Phi) is 5.67. The average molecular weight is 447 g/mol. The van der Waals surface area contributed by atoms with Crippen LogP contribution in [0.1, 0.15) is 18.4 Å². The van der Waals surface area contributed by atoms with Gasteiger partial charge in [0, 0.05) is 30.8 Å². The fraction of sp³-hybridized carbons (Fsp3) is 0.333. The molecule has 0 aromatic heterocycles. The van der Waals surface area contributed by atoms with Gasteiger partial charge >= 0.3 is 0 Å². The van der Waals surface area contributed by atoms with E-state index in [0.717, 1.165) is 0 Å². The Hall–Kier alpha value is -2.98. The Morgan fingerprint density at radius 1 is 1.23 bits per heavy atom. The lowest BCUT2D eigenvalue weighted by molar-refractivity contribution is -0.121. The summed E-state index contributed by atoms with van der Waals surface area (Å²) in [5, 5.41) is 5.35. The van der Waals surface area contributed by atoms with E-state index in [0.29, 0.717) is 35.5 Å². The van der Waals surface area contributed by atoms with Crippen molar-refractivity contribution in [3.63, 3.8) is 0 Å². The van der Waals surface area contributed by atoms with Crippen LogP contribution in [0.15, 0.2) is 41.3 Å². The van der Waals surface area contributed by atoms with E-state index < -0.39 is 15.8 Å². The SMILES string of the molecule is Cc1cc2c(cc1S(=O)(=O)N1CCC(C(=O)Nc3cccc(F)c3)CC1)OCC(=O)N2. The summed E-state index contributed by atoms with van der Waals surface area (Å²) in [5.74, 6) is -1.04. The lowest BCUT2D eigenvalue weighted by Gasteiger charge is -2.31. The first-order valence-electron chi connectivity index (χ1n) is 9.88. The summed E-state index contributed by atoms with van der Waals surface area (Å²) in [6, 6.07) is 8.66. The van der Waals surface area contributed by atoms with Crippen molar-refractivity contribution >= 4 is 33.2 Å². The Morgan fingerprint density at radius 3 is 2.68 bits per heavy atom. The van der Waals surface area contributed by atoms with Gasteiger partial charge in [0.25, 0.3) is 5.91 Å². The molecule has 2 aliphatic heterocycles. The minimum atomic E-state index is -3.79. The zero-order valence-electron chi connectivity index (χ0n) is 16.9. The van der Waals surface area contributed by atoms with Crippen LogP contribution in [0, 0.1) is 18.7 Å². The van der Waals surface area contributed by atoms with Crippen molar-refractivity contribution in [2.24, 2.45) is 5.92 Å². The van der Waals surface area contributed by atoms with Gasteiger partial charge in [0.1, 0.15) is 11.6 Å². The highest BCUT2D eigenvalue weighted by atomic mass is 32.2. The van der Waals surface area contributed by atoms with Gasteiger partial charge in [-0.25, -0.2) is 12.8 Å². The molecular weight excluding hydrogens is 425 g/mol. The summed E-state index contributed by atoms with van der Waals surface area (Å²) < 4.78 is 46.4. The van der Waals surface area contributed by atoms with Crippen LogP contribution in [0.2, 0.25) is 0 Å². The van der Waals surface area contributed by atoms with Crippen molar-refractivity contribution in [2.75, 3.05) is 30.3 Å². The van der Waals surface area contributed by atoms with E-state index in [4.69, 9.17) is 4.74 Å². The first-order chi connectivity index (χ1) is 14.7. The number of nitrogens with zero attached hydrogens (tertiary/aromatic N) is 1. The van der Waals surface area contributed by atoms with Crippen molar-refractivity contribution in [2.45, 2.75) is 24.7 Å². The molecule has 2 N–H and O–H groups in total. The number of nitrogens with one attached hydrogen (secondary N) is 2. The lowest BCUT2D eigenvalue weighted by Crippen LogP contribution is -2.41. The number of ether oxygens (including phenoxy) is 1. The second kappa shape index (κ2) is 8.27. The number of amides is 2. The van der Waals surface area contributed by atoms with E-state index in [-0.39, 0.29) is 42.3 Å². The third-order valence-electron chi connectivity index (χ3n) is 5.44. The number of benzene rings is 2. The molecule has 1 saturated heterocycles. The van der Waals surface area contributed by atoms with Crippen LogP contribution in [-0.4, -0.2) is 44.2 Å². The maximum Gasteiger partial charge on any atom is 0.262 e. The Morgan fingerprint density at radius 2 is 1.97 bits per heavy atom. The molecule has 0 radical (unpaired) electrons. The molecule has 10 heteroatoms. The lowest BCUT2D eigenvalue weighted by atomic mass is 9.97. The van der Waals surface area contributed by atoms with Crippen LogP contribution in [0.4, 0.5) is 15.8 Å². The summed E-state index contributed by atoms with van der Waals surface area (Å²) in [4.78, 5) is 24.1. The van der Waals surface area contributed by atoms with E-state index >= 15 is 0 Å². The normalized spacial score (nSPS) is 17.4. The number of rotatable bonds is 4. The molecule has 2 amide bonds. The Balaban J connectivity index is 1.44. The number of anilines is 2. The molecule has 0 spiro atoms. The van der Waals surface area contributed by atoms with E-state index in [9.17, 15) is 22.4 Å². The van der Waals surface area contributed by atoms with Crippen LogP contribution in [0.25, 0.3) is 0 Å². The van der Waals surface area contributed by atoms with Crippen LogP contribution in [-0.2, 0) is 19.6 Å². The topological polar surface area (TPSA) is 105 Å². The molecule has 164 valence electrons. The fourth-order valence-corrected chi connectivity index (χ4v) is 5.49. The summed E-state index contributed by atoms with van der Waals surface area (Å²) >= 11 is 0. The molecule has 0 atom stereocenters. The van der Waals surface area contributed by atoms with Gasteiger partial charge in [0.05, 0.1) is 10.6 Å². The van der Waals surface area contributed by atoms with Gasteiger partial charge in [0.15, 0.2) is 6.61 Å². The number of piperidine rings is 1. The van der Waals surface area contributed by atoms with Gasteiger partial charge < -0.3 is 15.4 Å². The van der Waals surface area contributed by atoms with Crippen molar-refractivity contribution < 1.29 is 27.1 Å². The molecule has 4 rings (SSSR count). The second-order valence-electron chi connectivity index (χ2n) is 7.63. The van der Waals surface area contributed by atoms with E-state index in [2.05, 4.69) is 10.6 Å². The zero-order valence-corrected chi connectivity index (χ0v) is 17.7. The second-order valence-corrected chi connectivity index (χ2v) is 9.54. The van der Waals surface area contributed by atoms with Crippen molar-refractivity contribution in [3.8, 4) is 5.75 Å². The number of halogens is 1. The maximum absolute atomic E-state index is 13.3. The zero-order chi connectivity index (χ0) is 22.2. The number of fused-ring (bicyclic) bond motifs is 1. The van der Waals surface area contributed by atoms with Crippen LogP contribution < -0.4 is 15.4 Å². The fourth-order valence-electron chi connectivity index (χ4n) is 3.80. The maximum atomic E-state index is 13.3. The highest BCUT2D eigenvalue weighted by Gasteiger charge is 2.34. The third-order valence-corrected chi connectivity index (χ3v) is 7.49. The summed E-state index contributed by atoms with van der Waals surface area (Å²) in [6.07, 6.45) is 0.716. The standard InChI is InChI=1S/C21H22FN3O5S/c1-13-9-17-18(30-12-20(26)24-17)11-19(13)31(28,29)25-7-5-14(6-8-25)21(27)23-16-4-2-3-15(22)10-16/h2-4,9-11,14H,5-8,12H2,1H3,(H,23,27)(H,24,26). The molecule has 2 aromatic rings. The van der Waals surface area contributed by atoms with E-state index in [1.54, 1.807) is 19.1 Å². The van der Waals surface area contributed by atoms with Gasteiger partial charge in [-0.15, -0.1) is 0 Å². The number of hydrogen-bond acceptors (Lipinski definition) is 5. The molecule has 1 fully saturated rings. The summed E-state index contributed by atoms with van der Waals surface area (Å²) in [5.41, 5.74) is 1.31. The molecule has 31 heavy (non-hydrogen) atoms. The van der Waals surface area contributed by atoms with Gasteiger partial charge in [-0.1, -0.05) is 6.07 Å². The Bertz CT molecular complexity index is 1140. The predicted octanol–water partition coefficient (Wildman–Crippen LogP) is 2.50. The number of sulfonamides is 1. The molecule has 2 aromatic carbocycles. The molecule has 2 aliphatic rings. The van der Waals surface area contributed by atoms with Crippen LogP contribution in [0.3, 0.4) is 0 Å². The highest BCUT2D eigenvalue weighted by molar-refractivity contribution is 7.89. The number of hydrogen-bond donors (Lipinski definition) is 2. The number of carbonyl (C=O) groups is 2. The largest absolute Gasteiger partial charge is 0.482 e. The minimum absolute atomic E-state index is 0.116. The average Bonchev–Trinajstić information content (AvgIpc) is 2.73. The highest BCUT2D eigenvalue weighted by Crippen LogP contribution is 2.35. The molecular formula is C21H22FN3O5S. The molecule has 8 nitrogen and oxygen atoms in total. The monoisotopic (exact) mass is 447 g/mol. The minimum Gasteiger partial charge on any atom is -0.482 e. The Labute approximate surface area is 179 Å². The third kappa shape index (κ3) is 4.40. The van der Waals surface area contributed by atoms with Gasteiger partial charge in [0.2, 0.25) is 15.9 Å². The van der Waals surface area contributed by atoms with Crippen molar-refractivity contribution in [3.05, 3.63) is 47.8 Å². The van der Waals surface area contributed by atoms with Gasteiger partial charge in [-0.3, -0.25) is 9.59 Å². The molecule has 2 heterocycles.